The highest BCUT2D eigenvalue weighted by molar-refractivity contribution is 7.98. The van der Waals surface area contributed by atoms with Crippen molar-refractivity contribution in [3.63, 3.8) is 0 Å². The lowest BCUT2D eigenvalue weighted by molar-refractivity contribution is 0.183. The number of hydrogen-bond donors (Lipinski definition) is 0. The van der Waals surface area contributed by atoms with Gasteiger partial charge in [-0.15, -0.1) is 0 Å². The van der Waals surface area contributed by atoms with Crippen LogP contribution >= 0.6 is 11.8 Å². The van der Waals surface area contributed by atoms with Gasteiger partial charge in [-0.1, -0.05) is 37.7 Å². The van der Waals surface area contributed by atoms with E-state index in [9.17, 15) is 9.59 Å². The minimum atomic E-state index is -0.381. The lowest BCUT2D eigenvalue weighted by Crippen LogP contribution is -2.25. The molecule has 0 aliphatic heterocycles. The molecular formula is C25H26N2O4S. The predicted octanol–water partition coefficient (Wildman–Crippen LogP) is 4.87. The van der Waals surface area contributed by atoms with E-state index in [2.05, 4.69) is 19.9 Å². The van der Waals surface area contributed by atoms with Gasteiger partial charge in [-0.2, -0.15) is 0 Å². The van der Waals surface area contributed by atoms with Crippen LogP contribution in [0.25, 0.3) is 21.9 Å². The lowest BCUT2D eigenvalue weighted by atomic mass is 9.95. The predicted molar refractivity (Wildman–Crippen MR) is 129 cm³/mol. The fraction of sp³-hybridized carbons (Fsp3) is 0.320. The van der Waals surface area contributed by atoms with Gasteiger partial charge in [0, 0.05) is 24.3 Å². The van der Waals surface area contributed by atoms with Crippen molar-refractivity contribution in [1.82, 2.24) is 9.55 Å². The Labute approximate surface area is 190 Å². The number of aryl methyl sites for hydroxylation is 1. The van der Waals surface area contributed by atoms with Gasteiger partial charge >= 0.3 is 5.63 Å². The summed E-state index contributed by atoms with van der Waals surface area (Å²) in [6, 6.07) is 12.9. The number of nitrogens with zero attached hydrogens (tertiary/aromatic N) is 2. The van der Waals surface area contributed by atoms with Gasteiger partial charge in [0.1, 0.15) is 5.58 Å². The first-order valence-electron chi connectivity index (χ1n) is 10.6. The van der Waals surface area contributed by atoms with Gasteiger partial charge in [-0.3, -0.25) is 9.36 Å². The molecule has 4 aromatic rings. The van der Waals surface area contributed by atoms with Crippen molar-refractivity contribution < 1.29 is 9.15 Å². The molecule has 0 spiro atoms. The minimum absolute atomic E-state index is 0.0923. The zero-order chi connectivity index (χ0) is 22.8. The standard InChI is InChI=1S/C25H26N2O4S/c1-15(2)19-13-20-17(12-23(28)31-22(20)11-16(19)3)14-32-25-26-21-8-6-5-7-18(21)24(29)27(25)9-10-30-4/h5-8,11-13,15H,9-10,14H2,1-4H3. The third kappa shape index (κ3) is 4.36. The topological polar surface area (TPSA) is 74.3 Å². The molecule has 166 valence electrons. The Bertz CT molecular complexity index is 1410. The Balaban J connectivity index is 1.78. The number of ether oxygens (including phenoxy) is 1. The van der Waals surface area contributed by atoms with E-state index >= 15 is 0 Å². The monoisotopic (exact) mass is 450 g/mol. The fourth-order valence-electron chi connectivity index (χ4n) is 3.91. The summed E-state index contributed by atoms with van der Waals surface area (Å²) in [7, 11) is 1.61. The van der Waals surface area contributed by atoms with Crippen LogP contribution in [-0.4, -0.2) is 23.3 Å². The summed E-state index contributed by atoms with van der Waals surface area (Å²) in [5, 5.41) is 2.09. The second kappa shape index (κ2) is 9.30. The number of methoxy groups -OCH3 is 1. The van der Waals surface area contributed by atoms with Gasteiger partial charge in [0.25, 0.3) is 5.56 Å². The molecule has 0 amide bonds. The molecule has 6 nitrogen and oxygen atoms in total. The number of aromatic nitrogens is 2. The number of hydrogen-bond acceptors (Lipinski definition) is 6. The minimum Gasteiger partial charge on any atom is -0.423 e. The molecule has 7 heteroatoms. The van der Waals surface area contributed by atoms with Crippen LogP contribution < -0.4 is 11.2 Å². The second-order valence-corrected chi connectivity index (χ2v) is 9.04. The highest BCUT2D eigenvalue weighted by Gasteiger charge is 2.15. The maximum atomic E-state index is 13.1. The van der Waals surface area contributed by atoms with Crippen molar-refractivity contribution in [1.29, 1.82) is 0 Å². The molecule has 32 heavy (non-hydrogen) atoms. The smallest absolute Gasteiger partial charge is 0.336 e. The van der Waals surface area contributed by atoms with Crippen molar-refractivity contribution in [3.8, 4) is 0 Å². The van der Waals surface area contributed by atoms with Gasteiger partial charge in [0.15, 0.2) is 5.16 Å². The third-order valence-corrected chi connectivity index (χ3v) is 6.57. The van der Waals surface area contributed by atoms with E-state index in [1.54, 1.807) is 17.7 Å². The van der Waals surface area contributed by atoms with E-state index in [-0.39, 0.29) is 11.2 Å². The van der Waals surface area contributed by atoms with Gasteiger partial charge < -0.3 is 9.15 Å². The molecule has 0 saturated carbocycles. The van der Waals surface area contributed by atoms with E-state index in [0.29, 0.717) is 46.5 Å². The average Bonchev–Trinajstić information content (AvgIpc) is 2.76. The van der Waals surface area contributed by atoms with E-state index < -0.39 is 0 Å². The van der Waals surface area contributed by atoms with Crippen LogP contribution in [0, 0.1) is 6.92 Å². The molecule has 4 rings (SSSR count). The molecule has 2 aromatic heterocycles. The van der Waals surface area contributed by atoms with Crippen LogP contribution in [0.5, 0.6) is 0 Å². The van der Waals surface area contributed by atoms with Crippen LogP contribution in [0.1, 0.15) is 36.5 Å². The van der Waals surface area contributed by atoms with Crippen molar-refractivity contribution >= 4 is 33.6 Å². The first-order valence-corrected chi connectivity index (χ1v) is 11.6. The third-order valence-electron chi connectivity index (χ3n) is 5.54. The Morgan fingerprint density at radius 2 is 1.91 bits per heavy atom. The van der Waals surface area contributed by atoms with Crippen LogP contribution in [0.2, 0.25) is 0 Å². The van der Waals surface area contributed by atoms with Crippen LogP contribution in [0.4, 0.5) is 0 Å². The maximum absolute atomic E-state index is 13.1. The molecule has 0 saturated heterocycles. The van der Waals surface area contributed by atoms with Crippen molar-refractivity contribution in [2.24, 2.45) is 0 Å². The molecule has 0 aliphatic carbocycles. The van der Waals surface area contributed by atoms with Gasteiger partial charge in [0.2, 0.25) is 0 Å². The van der Waals surface area contributed by atoms with Gasteiger partial charge in [0.05, 0.1) is 24.1 Å². The Morgan fingerprint density at radius 1 is 1.12 bits per heavy atom. The summed E-state index contributed by atoms with van der Waals surface area (Å²) in [6.45, 7) is 7.14. The van der Waals surface area contributed by atoms with Gasteiger partial charge in [-0.05, 0) is 53.8 Å². The molecular weight excluding hydrogens is 424 g/mol. The Hall–Kier alpha value is -2.90. The number of rotatable bonds is 7. The Kier molecular flexibility index (Phi) is 6.48. The Morgan fingerprint density at radius 3 is 2.66 bits per heavy atom. The maximum Gasteiger partial charge on any atom is 0.336 e. The number of benzene rings is 2. The number of thioether (sulfide) groups is 1. The normalized spacial score (nSPS) is 11.7. The SMILES string of the molecule is COCCn1c(SCc2cc(=O)oc3cc(C)c(C(C)C)cc23)nc2ccccc2c1=O. The van der Waals surface area contributed by atoms with E-state index in [1.165, 1.54) is 23.4 Å². The number of para-hydroxylation sites is 1. The van der Waals surface area contributed by atoms with Crippen molar-refractivity contribution in [2.75, 3.05) is 13.7 Å². The first-order chi connectivity index (χ1) is 15.4. The van der Waals surface area contributed by atoms with E-state index in [4.69, 9.17) is 14.1 Å². The highest BCUT2D eigenvalue weighted by Crippen LogP contribution is 2.30. The second-order valence-electron chi connectivity index (χ2n) is 8.10. The van der Waals surface area contributed by atoms with Crippen LogP contribution in [0.3, 0.4) is 0 Å². The number of fused-ring (bicyclic) bond motifs is 2. The van der Waals surface area contributed by atoms with Crippen molar-refractivity contribution in [2.45, 2.75) is 44.1 Å². The lowest BCUT2D eigenvalue weighted by Gasteiger charge is -2.14. The molecule has 2 aromatic carbocycles. The fourth-order valence-corrected chi connectivity index (χ4v) is 4.93. The first kappa shape index (κ1) is 22.3. The molecule has 0 radical (unpaired) electrons. The molecule has 2 heterocycles. The zero-order valence-electron chi connectivity index (χ0n) is 18.7. The molecule has 0 aliphatic rings. The summed E-state index contributed by atoms with van der Waals surface area (Å²) in [4.78, 5) is 30.0. The summed E-state index contributed by atoms with van der Waals surface area (Å²) >= 11 is 1.44. The van der Waals surface area contributed by atoms with E-state index in [0.717, 1.165) is 16.5 Å². The van der Waals surface area contributed by atoms with E-state index in [1.807, 2.05) is 31.2 Å². The quantitative estimate of drug-likeness (QED) is 0.227. The van der Waals surface area contributed by atoms with Gasteiger partial charge in [-0.25, -0.2) is 9.78 Å². The summed E-state index contributed by atoms with van der Waals surface area (Å²) in [5.41, 5.74) is 3.95. The molecule has 0 fully saturated rings. The largest absolute Gasteiger partial charge is 0.423 e. The average molecular weight is 451 g/mol. The molecule has 0 N–H and O–H groups in total. The molecule has 0 atom stereocenters. The molecule has 0 unspecified atom stereocenters. The highest BCUT2D eigenvalue weighted by atomic mass is 32.2. The van der Waals surface area contributed by atoms with Crippen molar-refractivity contribution in [3.05, 3.63) is 79.9 Å². The summed E-state index contributed by atoms with van der Waals surface area (Å²) < 4.78 is 12.3. The van der Waals surface area contributed by atoms with Crippen LogP contribution in [0.15, 0.2) is 61.6 Å². The summed E-state index contributed by atoms with van der Waals surface area (Å²) in [5.74, 6) is 0.841. The zero-order valence-corrected chi connectivity index (χ0v) is 19.5. The molecule has 0 bridgehead atoms. The van der Waals surface area contributed by atoms with Crippen LogP contribution in [-0.2, 0) is 17.0 Å². The summed E-state index contributed by atoms with van der Waals surface area (Å²) in [6.07, 6.45) is 0.